The van der Waals surface area contributed by atoms with Crippen LogP contribution < -0.4 is 11.1 Å². The summed E-state index contributed by atoms with van der Waals surface area (Å²) in [6.45, 7) is 0.658. The highest BCUT2D eigenvalue weighted by atomic mass is 16.1. The van der Waals surface area contributed by atoms with E-state index in [4.69, 9.17) is 12.2 Å². The molecule has 0 aromatic heterocycles. The third-order valence-corrected chi connectivity index (χ3v) is 2.21. The number of rotatable bonds is 5. The number of hydrogen-bond donors (Lipinski definition) is 2. The van der Waals surface area contributed by atoms with Crippen LogP contribution in [0.5, 0.6) is 0 Å². The molecular formula is C13H16N2O. The second-order valence-corrected chi connectivity index (χ2v) is 3.54. The molecule has 0 spiro atoms. The number of hydrogen-bond acceptors (Lipinski definition) is 2. The minimum Gasteiger partial charge on any atom is -0.399 e. The largest absolute Gasteiger partial charge is 0.399 e. The Hall–Kier alpha value is -1.95. The van der Waals surface area contributed by atoms with Crippen LogP contribution in [-0.2, 0) is 0 Å². The molecule has 0 unspecified atom stereocenters. The van der Waals surface area contributed by atoms with Crippen LogP contribution >= 0.6 is 0 Å². The van der Waals surface area contributed by atoms with Crippen LogP contribution in [0.1, 0.15) is 29.6 Å². The van der Waals surface area contributed by atoms with Crippen molar-refractivity contribution in [2.45, 2.75) is 19.3 Å². The predicted octanol–water partition coefficient (Wildman–Crippen LogP) is 1.80. The molecule has 0 fully saturated rings. The van der Waals surface area contributed by atoms with E-state index < -0.39 is 0 Å². The zero-order valence-corrected chi connectivity index (χ0v) is 9.20. The molecule has 0 bridgehead atoms. The molecule has 1 aromatic carbocycles. The average Bonchev–Trinajstić information content (AvgIpc) is 2.29. The van der Waals surface area contributed by atoms with Gasteiger partial charge in [-0.15, -0.1) is 12.3 Å². The first-order valence-corrected chi connectivity index (χ1v) is 5.31. The van der Waals surface area contributed by atoms with Gasteiger partial charge in [-0.25, -0.2) is 0 Å². The van der Waals surface area contributed by atoms with Crippen molar-refractivity contribution in [1.82, 2.24) is 5.32 Å². The number of nitrogens with one attached hydrogen (secondary N) is 1. The Morgan fingerprint density at radius 2 is 2.00 bits per heavy atom. The molecule has 0 saturated carbocycles. The van der Waals surface area contributed by atoms with Crippen molar-refractivity contribution < 1.29 is 4.79 Å². The molecule has 3 nitrogen and oxygen atoms in total. The Morgan fingerprint density at radius 1 is 1.31 bits per heavy atom. The minimum atomic E-state index is -0.0688. The van der Waals surface area contributed by atoms with Crippen LogP contribution in [-0.4, -0.2) is 12.5 Å². The molecule has 1 rings (SSSR count). The molecule has 0 aliphatic rings. The van der Waals surface area contributed by atoms with Crippen LogP contribution in [0.3, 0.4) is 0 Å². The van der Waals surface area contributed by atoms with E-state index in [2.05, 4.69) is 11.2 Å². The van der Waals surface area contributed by atoms with Crippen molar-refractivity contribution in [2.24, 2.45) is 0 Å². The third kappa shape index (κ3) is 4.05. The number of carbonyl (C=O) groups excluding carboxylic acids is 1. The Bertz CT molecular complexity index is 376. The van der Waals surface area contributed by atoms with Gasteiger partial charge in [0.15, 0.2) is 0 Å². The number of benzene rings is 1. The van der Waals surface area contributed by atoms with E-state index in [0.717, 1.165) is 19.3 Å². The highest BCUT2D eigenvalue weighted by molar-refractivity contribution is 5.94. The summed E-state index contributed by atoms with van der Waals surface area (Å²) in [5.41, 5.74) is 6.82. The van der Waals surface area contributed by atoms with Gasteiger partial charge in [0.2, 0.25) is 0 Å². The van der Waals surface area contributed by atoms with Crippen molar-refractivity contribution in [1.29, 1.82) is 0 Å². The molecule has 0 aliphatic carbocycles. The summed E-state index contributed by atoms with van der Waals surface area (Å²) >= 11 is 0. The molecule has 3 heteroatoms. The molecule has 16 heavy (non-hydrogen) atoms. The third-order valence-electron chi connectivity index (χ3n) is 2.21. The van der Waals surface area contributed by atoms with Crippen LogP contribution in [0.25, 0.3) is 0 Å². The molecule has 0 atom stereocenters. The van der Waals surface area contributed by atoms with Gasteiger partial charge in [0.1, 0.15) is 0 Å². The van der Waals surface area contributed by atoms with E-state index in [1.54, 1.807) is 24.3 Å². The number of unbranched alkanes of at least 4 members (excludes halogenated alkanes) is 2. The van der Waals surface area contributed by atoms with Gasteiger partial charge in [0, 0.05) is 24.2 Å². The van der Waals surface area contributed by atoms with E-state index in [1.165, 1.54) is 0 Å². The van der Waals surface area contributed by atoms with Gasteiger partial charge in [-0.1, -0.05) is 0 Å². The Labute approximate surface area is 96.0 Å². The number of nitrogens with two attached hydrogens (primary N) is 1. The Morgan fingerprint density at radius 3 is 2.62 bits per heavy atom. The Kier molecular flexibility index (Phi) is 4.94. The van der Waals surface area contributed by atoms with Crippen LogP contribution in [0, 0.1) is 12.3 Å². The number of anilines is 1. The first-order valence-electron chi connectivity index (χ1n) is 5.31. The molecule has 0 aliphatic heterocycles. The first-order chi connectivity index (χ1) is 7.74. The van der Waals surface area contributed by atoms with Gasteiger partial charge in [0.25, 0.3) is 5.91 Å². The van der Waals surface area contributed by atoms with E-state index in [1.807, 2.05) is 0 Å². The second kappa shape index (κ2) is 6.52. The predicted molar refractivity (Wildman–Crippen MR) is 65.9 cm³/mol. The molecule has 1 aromatic rings. The fourth-order valence-electron chi connectivity index (χ4n) is 1.29. The van der Waals surface area contributed by atoms with Gasteiger partial charge in [-0.05, 0) is 37.1 Å². The summed E-state index contributed by atoms with van der Waals surface area (Å²) in [6.07, 6.45) is 7.74. The number of terminal acetylenes is 1. The topological polar surface area (TPSA) is 55.1 Å². The van der Waals surface area contributed by atoms with Crippen LogP contribution in [0.15, 0.2) is 24.3 Å². The minimum absolute atomic E-state index is 0.0688. The molecule has 0 radical (unpaired) electrons. The zero-order valence-electron chi connectivity index (χ0n) is 9.20. The van der Waals surface area contributed by atoms with Crippen LogP contribution in [0.4, 0.5) is 5.69 Å². The van der Waals surface area contributed by atoms with Gasteiger partial charge < -0.3 is 11.1 Å². The van der Waals surface area contributed by atoms with Gasteiger partial charge in [-0.3, -0.25) is 4.79 Å². The van der Waals surface area contributed by atoms with Gasteiger partial charge >= 0.3 is 0 Å². The van der Waals surface area contributed by atoms with Crippen molar-refractivity contribution in [2.75, 3.05) is 12.3 Å². The summed E-state index contributed by atoms with van der Waals surface area (Å²) in [4.78, 5) is 11.6. The fourth-order valence-corrected chi connectivity index (χ4v) is 1.29. The molecule has 84 valence electrons. The quantitative estimate of drug-likeness (QED) is 0.448. The number of amides is 1. The lowest BCUT2D eigenvalue weighted by Gasteiger charge is -2.04. The van der Waals surface area contributed by atoms with Gasteiger partial charge in [-0.2, -0.15) is 0 Å². The summed E-state index contributed by atoms with van der Waals surface area (Å²) in [5.74, 6) is 2.50. The van der Waals surface area contributed by atoms with Crippen molar-refractivity contribution in [3.63, 3.8) is 0 Å². The molecular weight excluding hydrogens is 200 g/mol. The van der Waals surface area contributed by atoms with Crippen molar-refractivity contribution >= 4 is 11.6 Å². The standard InChI is InChI=1S/C13H16N2O/c1-2-3-4-5-10-15-13(16)11-6-8-12(14)9-7-11/h1,6-9H,3-5,10,14H2,(H,15,16). The average molecular weight is 216 g/mol. The Balaban J connectivity index is 2.30. The molecule has 0 heterocycles. The smallest absolute Gasteiger partial charge is 0.251 e. The molecule has 0 saturated heterocycles. The lowest BCUT2D eigenvalue weighted by Crippen LogP contribution is -2.24. The SMILES string of the molecule is C#CCCCCNC(=O)c1ccc(N)cc1. The highest BCUT2D eigenvalue weighted by Gasteiger charge is 2.03. The normalized spacial score (nSPS) is 9.44. The summed E-state index contributed by atoms with van der Waals surface area (Å²) in [7, 11) is 0. The monoisotopic (exact) mass is 216 g/mol. The summed E-state index contributed by atoms with van der Waals surface area (Å²) in [5, 5.41) is 2.83. The van der Waals surface area contributed by atoms with E-state index >= 15 is 0 Å². The number of carbonyl (C=O) groups is 1. The number of nitrogen functional groups attached to an aromatic ring is 1. The first kappa shape index (κ1) is 12.1. The fraction of sp³-hybridized carbons (Fsp3) is 0.308. The maximum Gasteiger partial charge on any atom is 0.251 e. The maximum absolute atomic E-state index is 11.6. The highest BCUT2D eigenvalue weighted by Crippen LogP contribution is 2.05. The second-order valence-electron chi connectivity index (χ2n) is 3.54. The maximum atomic E-state index is 11.6. The summed E-state index contributed by atoms with van der Waals surface area (Å²) in [6, 6.07) is 6.86. The molecule has 3 N–H and O–H groups in total. The zero-order chi connectivity index (χ0) is 11.8. The van der Waals surface area contributed by atoms with Crippen molar-refractivity contribution in [3.8, 4) is 12.3 Å². The van der Waals surface area contributed by atoms with E-state index in [9.17, 15) is 4.79 Å². The molecule has 1 amide bonds. The summed E-state index contributed by atoms with van der Waals surface area (Å²) < 4.78 is 0. The van der Waals surface area contributed by atoms with Crippen molar-refractivity contribution in [3.05, 3.63) is 29.8 Å². The van der Waals surface area contributed by atoms with E-state index in [-0.39, 0.29) is 5.91 Å². The lowest BCUT2D eigenvalue weighted by molar-refractivity contribution is 0.0953. The van der Waals surface area contributed by atoms with Gasteiger partial charge in [0.05, 0.1) is 0 Å². The lowest BCUT2D eigenvalue weighted by atomic mass is 10.2. The van der Waals surface area contributed by atoms with E-state index in [0.29, 0.717) is 17.8 Å². The van der Waals surface area contributed by atoms with Crippen LogP contribution in [0.2, 0.25) is 0 Å².